The first-order chi connectivity index (χ1) is 23.0. The number of hydrogen-bond acceptors (Lipinski definition) is 4. The van der Waals surface area contributed by atoms with Crippen molar-refractivity contribution in [3.05, 3.63) is 150 Å². The molecule has 8 rings (SSSR count). The smallest absolute Gasteiger partial charge is 0.216 e. The molecule has 4 nitrogen and oxygen atoms in total. The minimum atomic E-state index is -1.81. The maximum absolute atomic E-state index is 8.63. The van der Waals surface area contributed by atoms with Crippen LogP contribution in [0.15, 0.2) is 120 Å². The molecule has 0 spiro atoms. The zero-order valence-electron chi connectivity index (χ0n) is 29.0. The quantitative estimate of drug-likeness (QED) is 0.169. The second kappa shape index (κ2) is 13.2. The number of furan rings is 1. The van der Waals surface area contributed by atoms with E-state index in [0.29, 0.717) is 28.0 Å². The first-order valence-corrected chi connectivity index (χ1v) is 13.7. The third kappa shape index (κ3) is 6.34. The van der Waals surface area contributed by atoms with Gasteiger partial charge in [-0.05, 0) is 66.3 Å². The Morgan fingerprint density at radius 1 is 0.767 bits per heavy atom. The number of aromatic nitrogens is 3. The van der Waals surface area contributed by atoms with Crippen LogP contribution in [0.5, 0.6) is 0 Å². The summed E-state index contributed by atoms with van der Waals surface area (Å²) in [6.45, 7) is 0. The molecule has 1 radical (unpaired) electrons. The Hall–Kier alpha value is -4.44. The van der Waals surface area contributed by atoms with Gasteiger partial charge in [-0.15, -0.1) is 54.1 Å². The summed E-state index contributed by atoms with van der Waals surface area (Å²) in [5, 5.41) is 1.48. The van der Waals surface area contributed by atoms with Crippen molar-refractivity contribution in [2.75, 3.05) is 0 Å². The maximum atomic E-state index is 8.63. The molecule has 0 amide bonds. The van der Waals surface area contributed by atoms with Crippen LogP contribution in [-0.4, -0.2) is 15.0 Å². The second-order valence-electron chi connectivity index (χ2n) is 9.70. The molecule has 0 saturated heterocycles. The summed E-state index contributed by atoms with van der Waals surface area (Å²) in [5.41, 5.74) is 4.99. The summed E-state index contributed by atoms with van der Waals surface area (Å²) < 4.78 is 56.9. The van der Waals surface area contributed by atoms with Crippen LogP contribution in [0.1, 0.15) is 43.5 Å². The van der Waals surface area contributed by atoms with Gasteiger partial charge in [0.25, 0.3) is 0 Å². The van der Waals surface area contributed by atoms with Gasteiger partial charge in [0.15, 0.2) is 0 Å². The Kier molecular flexibility index (Phi) is 6.82. The Morgan fingerprint density at radius 3 is 2.42 bits per heavy atom. The monoisotopic (exact) mass is 742 g/mol. The topological polar surface area (TPSA) is 51.8 Å². The molecule has 0 atom stereocenters. The summed E-state index contributed by atoms with van der Waals surface area (Å²) in [6, 6.07) is 37.4. The van der Waals surface area contributed by atoms with E-state index in [2.05, 4.69) is 27.1 Å². The van der Waals surface area contributed by atoms with E-state index in [4.69, 9.17) is 12.6 Å². The van der Waals surface area contributed by atoms with Crippen molar-refractivity contribution in [3.8, 4) is 22.5 Å². The minimum absolute atomic E-state index is 0. The Balaban J connectivity index is 0.000000270. The molecule has 3 aromatic carbocycles. The number of pyridine rings is 3. The predicted octanol–water partition coefficient (Wildman–Crippen LogP) is 8.86. The van der Waals surface area contributed by atoms with Crippen molar-refractivity contribution in [2.24, 2.45) is 0 Å². The van der Waals surface area contributed by atoms with Crippen molar-refractivity contribution in [2.45, 2.75) is 32.0 Å². The van der Waals surface area contributed by atoms with Crippen LogP contribution in [0.3, 0.4) is 0 Å². The van der Waals surface area contributed by atoms with Gasteiger partial charge in [-0.25, -0.2) is 4.98 Å². The fourth-order valence-corrected chi connectivity index (χ4v) is 4.90. The largest absolute Gasteiger partial charge is 0.486 e. The first kappa shape index (κ1) is 22.1. The van der Waals surface area contributed by atoms with Crippen LogP contribution in [0.25, 0.3) is 44.6 Å². The molecule has 1 aliphatic rings. The van der Waals surface area contributed by atoms with Gasteiger partial charge in [-0.2, -0.15) is 0 Å². The van der Waals surface area contributed by atoms with Crippen LogP contribution in [-0.2, 0) is 39.2 Å². The van der Waals surface area contributed by atoms with Crippen LogP contribution in [0.4, 0.5) is 0 Å². The number of hydrogen-bond donors (Lipinski definition) is 0. The van der Waals surface area contributed by atoms with Crippen LogP contribution >= 0.6 is 0 Å². The summed E-state index contributed by atoms with van der Waals surface area (Å²) >= 11 is 0. The average molecular weight is 742 g/mol. The Labute approximate surface area is 273 Å². The molecular weight excluding hydrogens is 707 g/mol. The Bertz CT molecular complexity index is 2190. The van der Waals surface area contributed by atoms with E-state index >= 15 is 0 Å². The fraction of sp³-hybridized carbons (Fsp3) is 0.132. The molecule has 0 bridgehead atoms. The van der Waals surface area contributed by atoms with Gasteiger partial charge >= 0.3 is 0 Å². The Morgan fingerprint density at radius 2 is 1.60 bits per heavy atom. The van der Waals surface area contributed by atoms with Crippen molar-refractivity contribution in [1.29, 1.82) is 0 Å². The van der Waals surface area contributed by atoms with Crippen molar-refractivity contribution in [3.63, 3.8) is 0 Å². The van der Waals surface area contributed by atoms with E-state index in [1.807, 2.05) is 54.6 Å². The van der Waals surface area contributed by atoms with E-state index in [1.165, 1.54) is 6.20 Å². The van der Waals surface area contributed by atoms with Crippen LogP contribution in [0, 0.1) is 12.1 Å². The SMILES string of the molecule is [2H]C1([2H])CCC([2H])([2H])c2cc(-c3[c-]ccc4c3oc3nc(C([2H])([2H])c5ccccc5)ccc34)ncc21.[Ir].[c-]1ccccc1-c1ccccn1. The number of rotatable bonds is 4. The predicted molar refractivity (Wildman–Crippen MR) is 168 cm³/mol. The van der Waals surface area contributed by atoms with Gasteiger partial charge in [-0.3, -0.25) is 0 Å². The molecule has 4 aromatic heterocycles. The van der Waals surface area contributed by atoms with E-state index in [0.717, 1.165) is 22.0 Å². The van der Waals surface area contributed by atoms with Gasteiger partial charge in [-0.1, -0.05) is 65.0 Å². The molecule has 1 aliphatic carbocycles. The van der Waals surface area contributed by atoms with E-state index in [9.17, 15) is 0 Å². The van der Waals surface area contributed by atoms with Crippen molar-refractivity contribution < 1.29 is 32.7 Å². The molecule has 7 aromatic rings. The van der Waals surface area contributed by atoms with Crippen molar-refractivity contribution in [1.82, 2.24) is 15.0 Å². The summed E-state index contributed by atoms with van der Waals surface area (Å²) in [4.78, 5) is 13.2. The minimum Gasteiger partial charge on any atom is -0.486 e. The van der Waals surface area contributed by atoms with Crippen LogP contribution in [0.2, 0.25) is 0 Å². The zero-order chi connectivity index (χ0) is 33.5. The van der Waals surface area contributed by atoms with Gasteiger partial charge in [0.1, 0.15) is 0 Å². The van der Waals surface area contributed by atoms with Crippen LogP contribution < -0.4 is 0 Å². The molecule has 43 heavy (non-hydrogen) atoms. The van der Waals surface area contributed by atoms with E-state index in [-0.39, 0.29) is 49.9 Å². The number of aryl methyl sites for hydroxylation is 2. The molecular formula is C38H29IrN3O-2. The fourth-order valence-electron chi connectivity index (χ4n) is 4.90. The van der Waals surface area contributed by atoms with Gasteiger partial charge in [0.05, 0.1) is 5.58 Å². The molecule has 0 fully saturated rings. The van der Waals surface area contributed by atoms with Gasteiger partial charge < -0.3 is 14.4 Å². The zero-order valence-corrected chi connectivity index (χ0v) is 25.4. The number of nitrogens with zero attached hydrogens (tertiary/aromatic N) is 3. The summed E-state index contributed by atoms with van der Waals surface area (Å²) in [6.07, 6.45) is -1.72. The average Bonchev–Trinajstić information content (AvgIpc) is 3.50. The standard InChI is InChI=1S/C27H21N2O.C11H8N.Ir/c1-2-7-18(8-3-1)15-21-13-14-23-22-11-6-12-24(26(22)30-27(23)29-21)25-16-19-9-4-5-10-20(19)17-28-25;1-2-6-10(7-3-1)11-8-4-5-9-12-11;/h1-3,6-8,11,13-14,16-17H,4-5,9-10,15H2;1-6,8-9H;/q2*-1;/i9D2,10D2,15D2;;. The third-order valence-corrected chi connectivity index (χ3v) is 6.91. The first-order valence-electron chi connectivity index (χ1n) is 16.7. The van der Waals surface area contributed by atoms with Crippen molar-refractivity contribution >= 4 is 22.1 Å². The van der Waals surface area contributed by atoms with Gasteiger partial charge in [0.2, 0.25) is 5.71 Å². The number of fused-ring (bicyclic) bond motifs is 4. The molecule has 0 saturated carbocycles. The summed E-state index contributed by atoms with van der Waals surface area (Å²) in [7, 11) is 0. The molecule has 0 N–H and O–H groups in total. The third-order valence-electron chi connectivity index (χ3n) is 6.91. The number of benzene rings is 3. The molecule has 0 unspecified atom stereocenters. The van der Waals surface area contributed by atoms with Gasteiger partial charge in [0, 0.05) is 58.2 Å². The maximum Gasteiger partial charge on any atom is 0.216 e. The van der Waals surface area contributed by atoms with E-state index < -0.39 is 19.1 Å². The molecule has 0 aliphatic heterocycles. The summed E-state index contributed by atoms with van der Waals surface area (Å²) in [5.74, 6) is 0. The second-order valence-corrected chi connectivity index (χ2v) is 9.70. The molecule has 4 heterocycles. The molecule has 213 valence electrons. The normalized spacial score (nSPS) is 16.9. The molecule has 5 heteroatoms. The van der Waals surface area contributed by atoms with E-state index in [1.54, 1.807) is 54.7 Å².